The summed E-state index contributed by atoms with van der Waals surface area (Å²) in [5, 5.41) is 0. The second kappa shape index (κ2) is 8.21. The van der Waals surface area contributed by atoms with Gasteiger partial charge in [0.25, 0.3) is 0 Å². The van der Waals surface area contributed by atoms with Crippen molar-refractivity contribution in [1.82, 2.24) is 0 Å². The summed E-state index contributed by atoms with van der Waals surface area (Å²) in [4.78, 5) is 35.6. The first-order valence-corrected chi connectivity index (χ1v) is 7.39. The third-order valence-electron chi connectivity index (χ3n) is 3.27. The van der Waals surface area contributed by atoms with E-state index in [0.717, 1.165) is 6.08 Å². The molecule has 1 aromatic rings. The van der Waals surface area contributed by atoms with E-state index in [4.69, 9.17) is 14.2 Å². The Bertz CT molecular complexity index is 701. The van der Waals surface area contributed by atoms with E-state index in [1.165, 1.54) is 19.1 Å². The van der Waals surface area contributed by atoms with Gasteiger partial charge in [-0.2, -0.15) is 0 Å². The highest BCUT2D eigenvalue weighted by atomic mass is 16.5. The number of allylic oxidation sites excluding steroid dienone is 3. The highest BCUT2D eigenvalue weighted by Gasteiger charge is 2.36. The molecular weight excluding hydrogens is 312 g/mol. The zero-order valence-electron chi connectivity index (χ0n) is 13.5. The van der Waals surface area contributed by atoms with Crippen molar-refractivity contribution in [2.24, 2.45) is 5.92 Å². The molecule has 126 valence electrons. The van der Waals surface area contributed by atoms with Crippen LogP contribution in [-0.4, -0.2) is 37.9 Å². The largest absolute Gasteiger partial charge is 0.491 e. The average Bonchev–Trinajstić information content (AvgIpc) is 2.52. The van der Waals surface area contributed by atoms with Crippen LogP contribution in [0.5, 0.6) is 5.75 Å². The molecule has 0 saturated heterocycles. The normalized spacial score (nSPS) is 17.6. The molecule has 0 unspecified atom stereocenters. The maximum atomic E-state index is 12.1. The van der Waals surface area contributed by atoms with Crippen LogP contribution < -0.4 is 4.74 Å². The van der Waals surface area contributed by atoms with E-state index in [-0.39, 0.29) is 5.76 Å². The molecule has 1 aliphatic rings. The summed E-state index contributed by atoms with van der Waals surface area (Å²) in [6.07, 6.45) is 3.88. The van der Waals surface area contributed by atoms with Gasteiger partial charge in [0.05, 0.1) is 6.61 Å². The van der Waals surface area contributed by atoms with Crippen LogP contribution >= 0.6 is 0 Å². The Morgan fingerprint density at radius 2 is 2.08 bits per heavy atom. The molecule has 6 nitrogen and oxygen atoms in total. The van der Waals surface area contributed by atoms with Gasteiger partial charge in [-0.05, 0) is 30.7 Å². The molecule has 0 radical (unpaired) electrons. The number of hydrogen-bond donors (Lipinski definition) is 0. The highest BCUT2D eigenvalue weighted by molar-refractivity contribution is 6.25. The lowest BCUT2D eigenvalue weighted by molar-refractivity contribution is -0.151. The second-order valence-electron chi connectivity index (χ2n) is 5.16. The van der Waals surface area contributed by atoms with Gasteiger partial charge in [0.1, 0.15) is 18.1 Å². The van der Waals surface area contributed by atoms with Crippen molar-refractivity contribution in [3.63, 3.8) is 0 Å². The predicted octanol–water partition coefficient (Wildman–Crippen LogP) is 1.94. The number of ketones is 2. The first-order valence-electron chi connectivity index (χ1n) is 7.39. The maximum Gasteiger partial charge on any atom is 0.329 e. The minimum Gasteiger partial charge on any atom is -0.491 e. The van der Waals surface area contributed by atoms with Crippen LogP contribution in [0.1, 0.15) is 12.5 Å². The van der Waals surface area contributed by atoms with Crippen molar-refractivity contribution in [3.05, 3.63) is 47.7 Å². The molecule has 6 heteroatoms. The molecular formula is C18H18O6. The second-order valence-corrected chi connectivity index (χ2v) is 5.16. The van der Waals surface area contributed by atoms with Crippen molar-refractivity contribution in [2.75, 3.05) is 20.3 Å². The average molecular weight is 330 g/mol. The summed E-state index contributed by atoms with van der Waals surface area (Å²) >= 11 is 0. The lowest BCUT2D eigenvalue weighted by Crippen LogP contribution is -2.34. The first-order chi connectivity index (χ1) is 11.5. The van der Waals surface area contributed by atoms with Crippen LogP contribution in [0.3, 0.4) is 0 Å². The molecule has 0 fully saturated rings. The van der Waals surface area contributed by atoms with Gasteiger partial charge in [0.2, 0.25) is 0 Å². The van der Waals surface area contributed by atoms with E-state index < -0.39 is 23.5 Å². The fourth-order valence-electron chi connectivity index (χ4n) is 2.13. The maximum absolute atomic E-state index is 12.1. The van der Waals surface area contributed by atoms with Crippen LogP contribution in [0.2, 0.25) is 0 Å². The van der Waals surface area contributed by atoms with Gasteiger partial charge in [0.15, 0.2) is 17.5 Å². The Kier molecular flexibility index (Phi) is 6.03. The summed E-state index contributed by atoms with van der Waals surface area (Å²) in [6, 6.07) is 7.07. The van der Waals surface area contributed by atoms with Crippen molar-refractivity contribution in [1.29, 1.82) is 0 Å². The lowest BCUT2D eigenvalue weighted by atomic mass is 9.96. The molecule has 0 aliphatic carbocycles. The standard InChI is InChI=1S/C18H18O6/c1-12-10-16(20)17(18(21)24-12)15(19)7-6-13-4-3-5-14(11-13)23-9-8-22-2/h3-7,10-11,17H,8-9H2,1-2H3/b7-6+/t17-/m0/s1. The number of carbonyl (C=O) groups is 3. The monoisotopic (exact) mass is 330 g/mol. The number of ether oxygens (including phenoxy) is 3. The summed E-state index contributed by atoms with van der Waals surface area (Å²) in [7, 11) is 1.59. The summed E-state index contributed by atoms with van der Waals surface area (Å²) in [5.74, 6) is -2.61. The minimum atomic E-state index is -1.42. The van der Waals surface area contributed by atoms with E-state index in [9.17, 15) is 14.4 Å². The Labute approximate surface area is 139 Å². The third kappa shape index (κ3) is 4.63. The van der Waals surface area contributed by atoms with Crippen LogP contribution in [0.15, 0.2) is 42.2 Å². The van der Waals surface area contributed by atoms with E-state index in [1.54, 1.807) is 31.4 Å². The molecule has 0 aromatic heterocycles. The Balaban J connectivity index is 2.05. The summed E-state index contributed by atoms with van der Waals surface area (Å²) in [6.45, 7) is 2.37. The molecule has 0 N–H and O–H groups in total. The SMILES string of the molecule is COCCOc1cccc(/C=C/C(=O)[C@H]2C(=O)C=C(C)OC2=O)c1. The van der Waals surface area contributed by atoms with Crippen molar-refractivity contribution in [3.8, 4) is 5.75 Å². The third-order valence-corrected chi connectivity index (χ3v) is 3.27. The van der Waals surface area contributed by atoms with Crippen LogP contribution in [0, 0.1) is 5.92 Å². The van der Waals surface area contributed by atoms with Crippen LogP contribution in [-0.2, 0) is 23.9 Å². The fourth-order valence-corrected chi connectivity index (χ4v) is 2.13. The smallest absolute Gasteiger partial charge is 0.329 e. The Hall–Kier alpha value is -2.73. The molecule has 1 heterocycles. The number of benzene rings is 1. The summed E-state index contributed by atoms with van der Waals surface area (Å²) in [5.41, 5.74) is 0.710. The molecule has 24 heavy (non-hydrogen) atoms. The zero-order valence-corrected chi connectivity index (χ0v) is 13.5. The van der Waals surface area contributed by atoms with Gasteiger partial charge in [-0.15, -0.1) is 0 Å². The number of cyclic esters (lactones) is 1. The number of esters is 1. The van der Waals surface area contributed by atoms with E-state index in [0.29, 0.717) is 24.5 Å². The number of methoxy groups -OCH3 is 1. The van der Waals surface area contributed by atoms with Gasteiger partial charge in [-0.3, -0.25) is 14.4 Å². The van der Waals surface area contributed by atoms with E-state index >= 15 is 0 Å². The quantitative estimate of drug-likeness (QED) is 0.329. The van der Waals surface area contributed by atoms with Gasteiger partial charge in [-0.1, -0.05) is 18.2 Å². The molecule has 1 atom stereocenters. The van der Waals surface area contributed by atoms with Gasteiger partial charge < -0.3 is 14.2 Å². The van der Waals surface area contributed by atoms with Gasteiger partial charge >= 0.3 is 5.97 Å². The molecule has 0 spiro atoms. The Morgan fingerprint density at radius 3 is 2.79 bits per heavy atom. The van der Waals surface area contributed by atoms with Crippen molar-refractivity contribution < 1.29 is 28.6 Å². The first kappa shape index (κ1) is 17.6. The number of hydrogen-bond acceptors (Lipinski definition) is 6. The van der Waals surface area contributed by atoms with Gasteiger partial charge in [0, 0.05) is 13.2 Å². The predicted molar refractivity (Wildman–Crippen MR) is 86.2 cm³/mol. The zero-order chi connectivity index (χ0) is 17.5. The lowest BCUT2D eigenvalue weighted by Gasteiger charge is -2.15. The van der Waals surface area contributed by atoms with Crippen LogP contribution in [0.25, 0.3) is 6.08 Å². The van der Waals surface area contributed by atoms with Crippen molar-refractivity contribution >= 4 is 23.6 Å². The molecule has 1 aromatic carbocycles. The number of rotatable bonds is 7. The molecule has 1 aliphatic heterocycles. The highest BCUT2D eigenvalue weighted by Crippen LogP contribution is 2.18. The fraction of sp³-hybridized carbons (Fsp3) is 0.278. The van der Waals surface area contributed by atoms with E-state index in [1.807, 2.05) is 0 Å². The van der Waals surface area contributed by atoms with E-state index in [2.05, 4.69) is 0 Å². The molecule has 0 bridgehead atoms. The molecule has 0 amide bonds. The Morgan fingerprint density at radius 1 is 1.29 bits per heavy atom. The number of carbonyl (C=O) groups excluding carboxylic acids is 3. The summed E-state index contributed by atoms with van der Waals surface area (Å²) < 4.78 is 15.2. The van der Waals surface area contributed by atoms with Crippen LogP contribution in [0.4, 0.5) is 0 Å². The minimum absolute atomic E-state index is 0.193. The van der Waals surface area contributed by atoms with Gasteiger partial charge in [-0.25, -0.2) is 0 Å². The molecule has 2 rings (SSSR count). The van der Waals surface area contributed by atoms with Crippen molar-refractivity contribution in [2.45, 2.75) is 6.92 Å². The topological polar surface area (TPSA) is 78.9 Å². The molecule has 0 saturated carbocycles.